The van der Waals surface area contributed by atoms with E-state index in [4.69, 9.17) is 9.47 Å². The van der Waals surface area contributed by atoms with Gasteiger partial charge in [-0.15, -0.1) is 0 Å². The van der Waals surface area contributed by atoms with Gasteiger partial charge in [0.15, 0.2) is 0 Å². The van der Waals surface area contributed by atoms with Crippen LogP contribution in [0.4, 0.5) is 11.4 Å². The van der Waals surface area contributed by atoms with Crippen molar-refractivity contribution in [3.8, 4) is 0 Å². The zero-order chi connectivity index (χ0) is 18.6. The first kappa shape index (κ1) is 18.7. The Balaban J connectivity index is 2.50. The second-order valence-electron chi connectivity index (χ2n) is 5.14. The topological polar surface area (TPSA) is 111 Å². The van der Waals surface area contributed by atoms with Gasteiger partial charge in [0.1, 0.15) is 12.4 Å². The average Bonchev–Trinajstić information content (AvgIpc) is 2.58. The highest BCUT2D eigenvalue weighted by Gasteiger charge is 2.32. The molecule has 0 saturated heterocycles. The molecule has 10 heteroatoms. The molecule has 1 aliphatic heterocycles. The molecule has 1 aliphatic rings. The summed E-state index contributed by atoms with van der Waals surface area (Å²) in [4.78, 5) is 25.6. The van der Waals surface area contributed by atoms with E-state index in [1.807, 2.05) is 0 Å². The number of carbonyl (C=O) groups excluding carboxylic acids is 2. The standard InChI is InChI=1S/C15H18N2O7S/c1-22-14(18)12-8-24-9-17(13(12)15(19)23-2)11-6-4-5-10(7-11)16-25(3,20)21/h4-7,16H,8-9H2,1-3H3. The van der Waals surface area contributed by atoms with Gasteiger partial charge in [0.2, 0.25) is 10.0 Å². The van der Waals surface area contributed by atoms with E-state index in [-0.39, 0.29) is 24.6 Å². The van der Waals surface area contributed by atoms with E-state index in [0.29, 0.717) is 11.4 Å². The molecule has 0 bridgehead atoms. The zero-order valence-corrected chi connectivity index (χ0v) is 14.8. The minimum absolute atomic E-state index is 0.0158. The summed E-state index contributed by atoms with van der Waals surface area (Å²) >= 11 is 0. The number of anilines is 2. The summed E-state index contributed by atoms with van der Waals surface area (Å²) in [6, 6.07) is 6.30. The van der Waals surface area contributed by atoms with Crippen LogP contribution in [0.1, 0.15) is 0 Å². The third-order valence-corrected chi connectivity index (χ3v) is 3.90. The van der Waals surface area contributed by atoms with Crippen molar-refractivity contribution in [1.82, 2.24) is 0 Å². The summed E-state index contributed by atoms with van der Waals surface area (Å²) in [5, 5.41) is 0. The lowest BCUT2D eigenvalue weighted by atomic mass is 10.1. The van der Waals surface area contributed by atoms with Gasteiger partial charge in [0, 0.05) is 5.69 Å². The fraction of sp³-hybridized carbons (Fsp3) is 0.333. The summed E-state index contributed by atoms with van der Waals surface area (Å²) in [6.07, 6.45) is 1.03. The van der Waals surface area contributed by atoms with Crippen LogP contribution in [0.2, 0.25) is 0 Å². The Bertz CT molecular complexity index is 817. The van der Waals surface area contributed by atoms with Crippen LogP contribution in [0, 0.1) is 0 Å². The van der Waals surface area contributed by atoms with E-state index in [1.165, 1.54) is 25.2 Å². The number of hydrogen-bond acceptors (Lipinski definition) is 8. The second-order valence-corrected chi connectivity index (χ2v) is 6.89. The minimum atomic E-state index is -3.46. The summed E-state index contributed by atoms with van der Waals surface area (Å²) in [6.45, 7) is -0.123. The van der Waals surface area contributed by atoms with Gasteiger partial charge >= 0.3 is 11.9 Å². The number of esters is 2. The lowest BCUT2D eigenvalue weighted by molar-refractivity contribution is -0.140. The molecule has 0 saturated carbocycles. The average molecular weight is 370 g/mol. The molecule has 25 heavy (non-hydrogen) atoms. The predicted molar refractivity (Wildman–Crippen MR) is 89.3 cm³/mol. The fourth-order valence-electron chi connectivity index (χ4n) is 2.30. The van der Waals surface area contributed by atoms with E-state index in [9.17, 15) is 18.0 Å². The third-order valence-electron chi connectivity index (χ3n) is 3.29. The van der Waals surface area contributed by atoms with Gasteiger partial charge < -0.3 is 19.1 Å². The van der Waals surface area contributed by atoms with Gasteiger partial charge in [-0.3, -0.25) is 4.72 Å². The van der Waals surface area contributed by atoms with Gasteiger partial charge in [-0.25, -0.2) is 18.0 Å². The summed E-state index contributed by atoms with van der Waals surface area (Å²) in [7, 11) is -1.08. The van der Waals surface area contributed by atoms with E-state index in [2.05, 4.69) is 9.46 Å². The largest absolute Gasteiger partial charge is 0.466 e. The molecule has 1 aromatic rings. The molecule has 0 atom stereocenters. The molecular weight excluding hydrogens is 352 g/mol. The van der Waals surface area contributed by atoms with Gasteiger partial charge in [0.05, 0.1) is 38.3 Å². The second kappa shape index (κ2) is 7.53. The quantitative estimate of drug-likeness (QED) is 0.744. The molecule has 1 aromatic carbocycles. The van der Waals surface area contributed by atoms with Crippen LogP contribution >= 0.6 is 0 Å². The van der Waals surface area contributed by atoms with E-state index < -0.39 is 22.0 Å². The Hall–Kier alpha value is -2.59. The Morgan fingerprint density at radius 3 is 2.48 bits per heavy atom. The first-order valence-electron chi connectivity index (χ1n) is 7.09. The van der Waals surface area contributed by atoms with Crippen LogP contribution in [0.5, 0.6) is 0 Å². The number of benzene rings is 1. The van der Waals surface area contributed by atoms with Gasteiger partial charge in [-0.1, -0.05) is 6.07 Å². The Labute approximate surface area is 145 Å². The zero-order valence-electron chi connectivity index (χ0n) is 13.9. The molecule has 0 spiro atoms. The van der Waals surface area contributed by atoms with Crippen LogP contribution in [-0.2, 0) is 33.8 Å². The number of nitrogens with zero attached hydrogens (tertiary/aromatic N) is 1. The molecule has 0 unspecified atom stereocenters. The number of ether oxygens (including phenoxy) is 3. The predicted octanol–water partition coefficient (Wildman–Crippen LogP) is 0.452. The van der Waals surface area contributed by atoms with Crippen molar-refractivity contribution >= 4 is 33.3 Å². The number of carbonyl (C=O) groups is 2. The molecule has 9 nitrogen and oxygen atoms in total. The Morgan fingerprint density at radius 1 is 1.20 bits per heavy atom. The number of rotatable bonds is 5. The minimum Gasteiger partial charge on any atom is -0.466 e. The van der Waals surface area contributed by atoms with Crippen molar-refractivity contribution in [3.05, 3.63) is 35.5 Å². The van der Waals surface area contributed by atoms with Crippen LogP contribution < -0.4 is 9.62 Å². The fourth-order valence-corrected chi connectivity index (χ4v) is 2.85. The first-order valence-corrected chi connectivity index (χ1v) is 8.99. The SMILES string of the molecule is COC(=O)C1=C(C(=O)OC)N(c2cccc(NS(C)(=O)=O)c2)COC1. The molecule has 136 valence electrons. The number of nitrogens with one attached hydrogen (secondary N) is 1. The maximum atomic E-state index is 12.2. The van der Waals surface area contributed by atoms with E-state index in [0.717, 1.165) is 6.26 Å². The maximum Gasteiger partial charge on any atom is 0.355 e. The number of methoxy groups -OCH3 is 2. The third kappa shape index (κ3) is 4.48. The van der Waals surface area contributed by atoms with Crippen molar-refractivity contribution in [1.29, 1.82) is 0 Å². The molecule has 0 fully saturated rings. The van der Waals surface area contributed by atoms with Crippen molar-refractivity contribution in [2.45, 2.75) is 0 Å². The molecule has 0 aromatic heterocycles. The van der Waals surface area contributed by atoms with Gasteiger partial charge in [-0.05, 0) is 18.2 Å². The van der Waals surface area contributed by atoms with Crippen LogP contribution in [0.25, 0.3) is 0 Å². The Kier molecular flexibility index (Phi) is 5.65. The lowest BCUT2D eigenvalue weighted by Crippen LogP contribution is -2.38. The van der Waals surface area contributed by atoms with Crippen molar-refractivity contribution in [2.24, 2.45) is 0 Å². The maximum absolute atomic E-state index is 12.2. The van der Waals surface area contributed by atoms with Crippen LogP contribution in [0.3, 0.4) is 0 Å². The van der Waals surface area contributed by atoms with Crippen molar-refractivity contribution in [3.63, 3.8) is 0 Å². The molecule has 0 amide bonds. The molecule has 1 N–H and O–H groups in total. The molecule has 0 aliphatic carbocycles. The summed E-state index contributed by atoms with van der Waals surface area (Å²) < 4.78 is 39.9. The lowest BCUT2D eigenvalue weighted by Gasteiger charge is -2.31. The van der Waals surface area contributed by atoms with E-state index >= 15 is 0 Å². The smallest absolute Gasteiger partial charge is 0.355 e. The number of hydrogen-bond donors (Lipinski definition) is 1. The molecule has 1 heterocycles. The molecule has 0 radical (unpaired) electrons. The van der Waals surface area contributed by atoms with Crippen molar-refractivity contribution < 1.29 is 32.2 Å². The van der Waals surface area contributed by atoms with E-state index in [1.54, 1.807) is 18.2 Å². The highest BCUT2D eigenvalue weighted by atomic mass is 32.2. The van der Waals surface area contributed by atoms with Crippen molar-refractivity contribution in [2.75, 3.05) is 43.4 Å². The highest BCUT2D eigenvalue weighted by molar-refractivity contribution is 7.92. The summed E-state index contributed by atoms with van der Waals surface area (Å²) in [5.74, 6) is -1.44. The first-order chi connectivity index (χ1) is 11.8. The molecular formula is C15H18N2O7S. The van der Waals surface area contributed by atoms with Crippen LogP contribution in [-0.4, -0.2) is 54.2 Å². The van der Waals surface area contributed by atoms with Crippen LogP contribution in [0.15, 0.2) is 35.5 Å². The van der Waals surface area contributed by atoms with Gasteiger partial charge in [0.25, 0.3) is 0 Å². The Morgan fingerprint density at radius 2 is 1.88 bits per heavy atom. The normalized spacial score (nSPS) is 14.9. The van der Waals surface area contributed by atoms with Gasteiger partial charge in [-0.2, -0.15) is 0 Å². The number of sulfonamides is 1. The highest BCUT2D eigenvalue weighted by Crippen LogP contribution is 2.28. The summed E-state index contributed by atoms with van der Waals surface area (Å²) in [5.41, 5.74) is 0.740. The monoisotopic (exact) mass is 370 g/mol. The molecule has 2 rings (SSSR count).